The second-order valence-corrected chi connectivity index (χ2v) is 8.73. The van der Waals surface area contributed by atoms with Crippen LogP contribution in [0.5, 0.6) is 5.75 Å². The van der Waals surface area contributed by atoms with Crippen molar-refractivity contribution in [3.63, 3.8) is 0 Å². The summed E-state index contributed by atoms with van der Waals surface area (Å²) >= 11 is 0. The summed E-state index contributed by atoms with van der Waals surface area (Å²) in [7, 11) is -2.24. The summed E-state index contributed by atoms with van der Waals surface area (Å²) in [5.41, 5.74) is 3.61. The Labute approximate surface area is 169 Å². The summed E-state index contributed by atoms with van der Waals surface area (Å²) in [6.07, 6.45) is 8.16. The average molecular weight is 408 g/mol. The van der Waals surface area contributed by atoms with Crippen molar-refractivity contribution in [2.75, 3.05) is 7.11 Å². The summed E-state index contributed by atoms with van der Waals surface area (Å²) in [5, 5.41) is 0.717. The van der Waals surface area contributed by atoms with E-state index in [0.29, 0.717) is 22.7 Å². The van der Waals surface area contributed by atoms with Gasteiger partial charge in [-0.15, -0.1) is 0 Å². The number of rotatable bonds is 4. The van der Waals surface area contributed by atoms with Gasteiger partial charge in [-0.2, -0.15) is 0 Å². The van der Waals surface area contributed by atoms with Crippen LogP contribution in [0.4, 0.5) is 0 Å². The van der Waals surface area contributed by atoms with Crippen LogP contribution in [0.1, 0.15) is 16.7 Å². The second kappa shape index (κ2) is 6.97. The number of hydrogen-bond donors (Lipinski definition) is 0. The number of benzene rings is 1. The van der Waals surface area contributed by atoms with Crippen molar-refractivity contribution in [1.82, 2.24) is 18.9 Å². The molecule has 4 aromatic rings. The lowest BCUT2D eigenvalue weighted by atomic mass is 10.1. The minimum absolute atomic E-state index is 0.197. The highest BCUT2D eigenvalue weighted by Gasteiger charge is 2.22. The third kappa shape index (κ3) is 3.15. The lowest BCUT2D eigenvalue weighted by Crippen LogP contribution is -2.12. The predicted octanol–water partition coefficient (Wildman–Crippen LogP) is 3.66. The Bertz CT molecular complexity index is 1300. The number of ether oxygens (including phenoxy) is 1. The number of hydrogen-bond acceptors (Lipinski definition) is 6. The Balaban J connectivity index is 1.89. The summed E-state index contributed by atoms with van der Waals surface area (Å²) in [4.78, 5) is 13.1. The van der Waals surface area contributed by atoms with E-state index >= 15 is 0 Å². The maximum Gasteiger partial charge on any atom is 0.268 e. The highest BCUT2D eigenvalue weighted by atomic mass is 32.2. The molecule has 0 fully saturated rings. The van der Waals surface area contributed by atoms with Crippen LogP contribution in [0.15, 0.2) is 54.1 Å². The molecule has 29 heavy (non-hydrogen) atoms. The van der Waals surface area contributed by atoms with E-state index in [9.17, 15) is 8.42 Å². The Kier molecular flexibility index (Phi) is 4.58. The lowest BCUT2D eigenvalue weighted by molar-refractivity contribution is 0.408. The minimum Gasteiger partial charge on any atom is -0.496 e. The largest absolute Gasteiger partial charge is 0.496 e. The molecule has 0 radical (unpaired) electrons. The quantitative estimate of drug-likeness (QED) is 0.512. The van der Waals surface area contributed by atoms with E-state index in [1.807, 2.05) is 20.8 Å². The van der Waals surface area contributed by atoms with Gasteiger partial charge in [0.25, 0.3) is 10.0 Å². The van der Waals surface area contributed by atoms with Crippen molar-refractivity contribution in [1.29, 1.82) is 0 Å². The van der Waals surface area contributed by atoms with Gasteiger partial charge in [0.05, 0.1) is 23.7 Å². The molecule has 0 amide bonds. The van der Waals surface area contributed by atoms with Crippen LogP contribution in [0.3, 0.4) is 0 Å². The van der Waals surface area contributed by atoms with Crippen LogP contribution in [0.2, 0.25) is 0 Å². The molecule has 148 valence electrons. The molecule has 0 aliphatic rings. The normalized spacial score (nSPS) is 11.7. The number of nitrogens with zero attached hydrogens (tertiary/aromatic N) is 4. The smallest absolute Gasteiger partial charge is 0.268 e. The van der Waals surface area contributed by atoms with Crippen molar-refractivity contribution >= 4 is 20.9 Å². The zero-order chi connectivity index (χ0) is 20.8. The van der Waals surface area contributed by atoms with E-state index in [4.69, 9.17) is 4.74 Å². The highest BCUT2D eigenvalue weighted by molar-refractivity contribution is 7.90. The molecule has 3 heterocycles. The first-order chi connectivity index (χ1) is 13.8. The molecule has 0 aliphatic carbocycles. The fraction of sp³-hybridized carbons (Fsp3) is 0.190. The number of fused-ring (bicyclic) bond motifs is 1. The molecule has 4 rings (SSSR count). The Morgan fingerprint density at radius 3 is 2.24 bits per heavy atom. The third-order valence-electron chi connectivity index (χ3n) is 4.80. The molecule has 0 aliphatic heterocycles. The summed E-state index contributed by atoms with van der Waals surface area (Å²) in [6.45, 7) is 5.56. The van der Waals surface area contributed by atoms with Crippen molar-refractivity contribution in [3.8, 4) is 17.1 Å². The van der Waals surface area contributed by atoms with Gasteiger partial charge >= 0.3 is 0 Å². The van der Waals surface area contributed by atoms with Crippen molar-refractivity contribution < 1.29 is 13.2 Å². The number of aryl methyl sites for hydroxylation is 3. The monoisotopic (exact) mass is 408 g/mol. The van der Waals surface area contributed by atoms with E-state index in [-0.39, 0.29) is 4.90 Å². The Hall–Kier alpha value is -3.26. The van der Waals surface area contributed by atoms with E-state index in [1.54, 1.807) is 43.9 Å². The third-order valence-corrected chi connectivity index (χ3v) is 6.46. The molecule has 0 saturated carbocycles. The van der Waals surface area contributed by atoms with Gasteiger partial charge in [0.1, 0.15) is 5.75 Å². The molecular formula is C21H20N4O3S. The van der Waals surface area contributed by atoms with Gasteiger partial charge in [-0.05, 0) is 55.7 Å². The molecule has 0 spiro atoms. The predicted molar refractivity (Wildman–Crippen MR) is 111 cm³/mol. The van der Waals surface area contributed by atoms with Gasteiger partial charge in [0.15, 0.2) is 5.82 Å². The number of pyridine rings is 1. The van der Waals surface area contributed by atoms with E-state index in [2.05, 4.69) is 15.0 Å². The van der Waals surface area contributed by atoms with Gasteiger partial charge in [-0.3, -0.25) is 4.98 Å². The van der Waals surface area contributed by atoms with Crippen LogP contribution in [0.25, 0.3) is 22.3 Å². The van der Waals surface area contributed by atoms with Crippen molar-refractivity contribution in [3.05, 3.63) is 65.9 Å². The maximum absolute atomic E-state index is 13.4. The minimum atomic E-state index is -3.82. The van der Waals surface area contributed by atoms with E-state index < -0.39 is 10.0 Å². The molecule has 3 aromatic heterocycles. The summed E-state index contributed by atoms with van der Waals surface area (Å²) in [5.74, 6) is 1.18. The molecule has 0 unspecified atom stereocenters. The Morgan fingerprint density at radius 1 is 0.966 bits per heavy atom. The molecule has 0 saturated heterocycles. The second-order valence-electron chi connectivity index (χ2n) is 6.91. The van der Waals surface area contributed by atoms with Crippen molar-refractivity contribution in [2.45, 2.75) is 25.7 Å². The molecule has 0 N–H and O–H groups in total. The van der Waals surface area contributed by atoms with Crippen LogP contribution >= 0.6 is 0 Å². The van der Waals surface area contributed by atoms with Gasteiger partial charge < -0.3 is 4.74 Å². The Morgan fingerprint density at radius 2 is 1.62 bits per heavy atom. The molecule has 8 heteroatoms. The van der Waals surface area contributed by atoms with Gasteiger partial charge in [0.2, 0.25) is 0 Å². The topological polar surface area (TPSA) is 87.0 Å². The first-order valence-corrected chi connectivity index (χ1v) is 10.4. The lowest BCUT2D eigenvalue weighted by Gasteiger charge is -2.13. The van der Waals surface area contributed by atoms with Crippen LogP contribution < -0.4 is 4.74 Å². The van der Waals surface area contributed by atoms with Gasteiger partial charge in [0, 0.05) is 35.7 Å². The number of methoxy groups -OCH3 is 1. The van der Waals surface area contributed by atoms with Crippen LogP contribution in [-0.4, -0.2) is 34.5 Å². The van der Waals surface area contributed by atoms with Crippen LogP contribution in [0, 0.1) is 20.8 Å². The zero-order valence-electron chi connectivity index (χ0n) is 16.5. The highest BCUT2D eigenvalue weighted by Crippen LogP contribution is 2.31. The SMILES string of the molecule is COc1c(C)cc(S(=O)(=O)n2ccc3c(-c4ncc(C)cn4)cncc32)cc1C. The summed E-state index contributed by atoms with van der Waals surface area (Å²) in [6, 6.07) is 4.98. The zero-order valence-corrected chi connectivity index (χ0v) is 17.4. The standard InChI is InChI=1S/C21H20N4O3S/c1-13-9-23-21(24-10-13)18-11-22-12-19-17(18)5-6-25(19)29(26,27)16-7-14(2)20(28-4)15(3)8-16/h5-12H,1-4H3. The maximum atomic E-state index is 13.4. The van der Waals surface area contributed by atoms with Crippen LogP contribution in [-0.2, 0) is 10.0 Å². The van der Waals surface area contributed by atoms with E-state index in [1.165, 1.54) is 16.4 Å². The summed E-state index contributed by atoms with van der Waals surface area (Å²) < 4.78 is 33.3. The van der Waals surface area contributed by atoms with Gasteiger partial charge in [-0.25, -0.2) is 22.4 Å². The first kappa shape index (κ1) is 19.1. The first-order valence-electron chi connectivity index (χ1n) is 8.98. The number of aromatic nitrogens is 4. The average Bonchev–Trinajstić information content (AvgIpc) is 3.13. The molecular weight excluding hydrogens is 388 g/mol. The molecule has 7 nitrogen and oxygen atoms in total. The fourth-order valence-corrected chi connectivity index (χ4v) is 4.95. The molecule has 1 aromatic carbocycles. The van der Waals surface area contributed by atoms with Crippen molar-refractivity contribution in [2.24, 2.45) is 0 Å². The fourth-order valence-electron chi connectivity index (χ4n) is 3.45. The van der Waals surface area contributed by atoms with Gasteiger partial charge in [-0.1, -0.05) is 0 Å². The van der Waals surface area contributed by atoms with E-state index in [0.717, 1.165) is 22.1 Å². The molecule has 0 atom stereocenters. The molecule has 0 bridgehead atoms.